The second kappa shape index (κ2) is 8.24. The molecule has 0 unspecified atom stereocenters. The van der Waals surface area contributed by atoms with Crippen LogP contribution in [0.3, 0.4) is 0 Å². The zero-order valence-corrected chi connectivity index (χ0v) is 16.2. The molecular formula is C20H25NO6. The maximum Gasteiger partial charge on any atom is 0.339 e. The fraction of sp³-hybridized carbons (Fsp3) is 0.450. The van der Waals surface area contributed by atoms with E-state index in [1.165, 1.54) is 6.92 Å². The van der Waals surface area contributed by atoms with Crippen LogP contribution in [0.2, 0.25) is 0 Å². The first-order valence-electron chi connectivity index (χ1n) is 8.89. The number of carbonyl (C=O) groups is 2. The van der Waals surface area contributed by atoms with Crippen molar-refractivity contribution in [2.24, 2.45) is 5.92 Å². The standard InChI is InChI=1S/C20H25NO6/c1-6-10(2)17(19(23)24)21-18(22)13(5)26-14-7-8-15-11(3)12(4)20(25)27-16(15)9-14/h7-10,13,17H,6H2,1-5H3,(H,21,22)(H,23,24)/t10-,13+,17+/m1/s1. The predicted octanol–water partition coefficient (Wildman–Crippen LogP) is 2.79. The lowest BCUT2D eigenvalue weighted by Gasteiger charge is -2.22. The molecule has 7 heteroatoms. The van der Waals surface area contributed by atoms with Crippen molar-refractivity contribution in [2.75, 3.05) is 0 Å². The van der Waals surface area contributed by atoms with Gasteiger partial charge in [0.1, 0.15) is 17.4 Å². The van der Waals surface area contributed by atoms with E-state index in [2.05, 4.69) is 5.32 Å². The molecule has 0 bridgehead atoms. The number of carboxylic acids is 1. The van der Waals surface area contributed by atoms with Gasteiger partial charge in [-0.1, -0.05) is 20.3 Å². The highest BCUT2D eigenvalue weighted by Gasteiger charge is 2.28. The summed E-state index contributed by atoms with van der Waals surface area (Å²) in [6.45, 7) is 8.70. The van der Waals surface area contributed by atoms with E-state index >= 15 is 0 Å². The number of hydrogen-bond donors (Lipinski definition) is 2. The summed E-state index contributed by atoms with van der Waals surface area (Å²) < 4.78 is 10.9. The summed E-state index contributed by atoms with van der Waals surface area (Å²) in [7, 11) is 0. The number of carbonyl (C=O) groups excluding carboxylic acids is 1. The molecule has 0 saturated carbocycles. The smallest absolute Gasteiger partial charge is 0.339 e. The molecule has 1 aromatic heterocycles. The fourth-order valence-electron chi connectivity index (χ4n) is 2.71. The Morgan fingerprint density at radius 2 is 1.89 bits per heavy atom. The van der Waals surface area contributed by atoms with E-state index in [0.717, 1.165) is 10.9 Å². The molecule has 1 aromatic carbocycles. The molecule has 0 saturated heterocycles. The Labute approximate surface area is 157 Å². The molecule has 2 N–H and O–H groups in total. The Bertz CT molecular complexity index is 917. The molecule has 0 radical (unpaired) electrons. The van der Waals surface area contributed by atoms with Gasteiger partial charge in [-0.2, -0.15) is 0 Å². The molecule has 1 heterocycles. The second-order valence-electron chi connectivity index (χ2n) is 6.77. The molecule has 7 nitrogen and oxygen atoms in total. The number of fused-ring (bicyclic) bond motifs is 1. The lowest BCUT2D eigenvalue weighted by molar-refractivity contribution is -0.144. The van der Waals surface area contributed by atoms with Crippen molar-refractivity contribution < 1.29 is 23.8 Å². The van der Waals surface area contributed by atoms with E-state index in [4.69, 9.17) is 9.15 Å². The summed E-state index contributed by atoms with van der Waals surface area (Å²) in [5, 5.41) is 12.6. The Morgan fingerprint density at radius 3 is 2.48 bits per heavy atom. The number of hydrogen-bond acceptors (Lipinski definition) is 5. The number of ether oxygens (including phenoxy) is 1. The summed E-state index contributed by atoms with van der Waals surface area (Å²) in [5.41, 5.74) is 1.34. The number of aliphatic carboxylic acids is 1. The molecule has 2 rings (SSSR count). The highest BCUT2D eigenvalue weighted by molar-refractivity contribution is 5.87. The van der Waals surface area contributed by atoms with Crippen molar-refractivity contribution in [1.82, 2.24) is 5.32 Å². The molecule has 146 valence electrons. The first kappa shape index (κ1) is 20.5. The highest BCUT2D eigenvalue weighted by atomic mass is 16.5. The van der Waals surface area contributed by atoms with Crippen molar-refractivity contribution in [3.8, 4) is 5.75 Å². The maximum absolute atomic E-state index is 12.3. The quantitative estimate of drug-likeness (QED) is 0.721. The van der Waals surface area contributed by atoms with Crippen molar-refractivity contribution in [3.05, 3.63) is 39.7 Å². The summed E-state index contributed by atoms with van der Waals surface area (Å²) in [6, 6.07) is 4.02. The summed E-state index contributed by atoms with van der Waals surface area (Å²) in [4.78, 5) is 35.5. The van der Waals surface area contributed by atoms with Gasteiger partial charge in [-0.15, -0.1) is 0 Å². The number of carboxylic acid groups (broad SMARTS) is 1. The van der Waals surface area contributed by atoms with Crippen molar-refractivity contribution >= 4 is 22.8 Å². The third-order valence-electron chi connectivity index (χ3n) is 4.89. The minimum atomic E-state index is -1.08. The molecule has 3 atom stereocenters. The van der Waals surface area contributed by atoms with E-state index in [9.17, 15) is 19.5 Å². The van der Waals surface area contributed by atoms with Crippen LogP contribution in [0.5, 0.6) is 5.75 Å². The number of amides is 1. The Balaban J connectivity index is 2.18. The topological polar surface area (TPSA) is 106 Å². The van der Waals surface area contributed by atoms with Crippen LogP contribution in [0.1, 0.15) is 38.3 Å². The zero-order valence-electron chi connectivity index (χ0n) is 16.2. The highest BCUT2D eigenvalue weighted by Crippen LogP contribution is 2.24. The average molecular weight is 375 g/mol. The second-order valence-corrected chi connectivity index (χ2v) is 6.77. The normalized spacial score (nSPS) is 14.4. The van der Waals surface area contributed by atoms with Crippen LogP contribution in [-0.2, 0) is 9.59 Å². The minimum Gasteiger partial charge on any atom is -0.481 e. The molecule has 0 aliphatic heterocycles. The van der Waals surface area contributed by atoms with Gasteiger partial charge < -0.3 is 19.6 Å². The number of benzene rings is 1. The van der Waals surface area contributed by atoms with Gasteiger partial charge >= 0.3 is 11.6 Å². The third kappa shape index (κ3) is 4.48. The van der Waals surface area contributed by atoms with Gasteiger partial charge in [0.2, 0.25) is 0 Å². The van der Waals surface area contributed by atoms with Gasteiger partial charge in [0, 0.05) is 17.0 Å². The zero-order chi connectivity index (χ0) is 20.3. The van der Waals surface area contributed by atoms with Crippen LogP contribution in [0.15, 0.2) is 27.4 Å². The van der Waals surface area contributed by atoms with Crippen LogP contribution < -0.4 is 15.7 Å². The minimum absolute atomic E-state index is 0.209. The van der Waals surface area contributed by atoms with Crippen LogP contribution in [-0.4, -0.2) is 29.1 Å². The molecule has 0 aliphatic carbocycles. The summed E-state index contributed by atoms with van der Waals surface area (Å²) in [6.07, 6.45) is -0.291. The largest absolute Gasteiger partial charge is 0.481 e. The first-order valence-corrected chi connectivity index (χ1v) is 8.89. The Kier molecular flexibility index (Phi) is 6.25. The van der Waals surface area contributed by atoms with Gasteiger partial charge in [0.05, 0.1) is 0 Å². The lowest BCUT2D eigenvalue weighted by Crippen LogP contribution is -2.49. The molecule has 0 spiro atoms. The average Bonchev–Trinajstić information content (AvgIpc) is 2.62. The molecule has 0 aliphatic rings. The fourth-order valence-corrected chi connectivity index (χ4v) is 2.71. The molecule has 27 heavy (non-hydrogen) atoms. The Morgan fingerprint density at radius 1 is 1.22 bits per heavy atom. The Hall–Kier alpha value is -2.83. The summed E-state index contributed by atoms with van der Waals surface area (Å²) in [5.74, 6) is -1.46. The van der Waals surface area contributed by atoms with Crippen molar-refractivity contribution in [1.29, 1.82) is 0 Å². The number of aryl methyl sites for hydroxylation is 1. The van der Waals surface area contributed by atoms with Crippen LogP contribution in [0.4, 0.5) is 0 Å². The molecule has 1 amide bonds. The van der Waals surface area contributed by atoms with Gasteiger partial charge in [-0.3, -0.25) is 4.79 Å². The van der Waals surface area contributed by atoms with E-state index in [0.29, 0.717) is 23.3 Å². The first-order chi connectivity index (χ1) is 12.6. The predicted molar refractivity (Wildman–Crippen MR) is 101 cm³/mol. The van der Waals surface area contributed by atoms with Gasteiger partial charge in [0.25, 0.3) is 5.91 Å². The molecular weight excluding hydrogens is 350 g/mol. The van der Waals surface area contributed by atoms with Crippen molar-refractivity contribution in [3.63, 3.8) is 0 Å². The number of nitrogens with one attached hydrogen (secondary N) is 1. The monoisotopic (exact) mass is 375 g/mol. The van der Waals surface area contributed by atoms with Crippen molar-refractivity contribution in [2.45, 2.75) is 53.2 Å². The van der Waals surface area contributed by atoms with E-state index in [1.807, 2.05) is 13.8 Å². The third-order valence-corrected chi connectivity index (χ3v) is 4.89. The van der Waals surface area contributed by atoms with Gasteiger partial charge in [-0.25, -0.2) is 9.59 Å². The van der Waals surface area contributed by atoms with Crippen LogP contribution >= 0.6 is 0 Å². The number of rotatable bonds is 7. The maximum atomic E-state index is 12.3. The lowest BCUT2D eigenvalue weighted by atomic mass is 9.99. The van der Waals surface area contributed by atoms with Gasteiger partial charge in [-0.05, 0) is 44.4 Å². The van der Waals surface area contributed by atoms with Crippen LogP contribution in [0.25, 0.3) is 11.0 Å². The van der Waals surface area contributed by atoms with E-state index in [1.54, 1.807) is 32.0 Å². The van der Waals surface area contributed by atoms with E-state index in [-0.39, 0.29) is 5.92 Å². The summed E-state index contributed by atoms with van der Waals surface area (Å²) >= 11 is 0. The van der Waals surface area contributed by atoms with Gasteiger partial charge in [0.15, 0.2) is 6.10 Å². The van der Waals surface area contributed by atoms with Crippen LogP contribution in [0, 0.1) is 19.8 Å². The molecule has 2 aromatic rings. The molecule has 0 fully saturated rings. The SMILES string of the molecule is CC[C@@H](C)[C@H](NC(=O)[C@H](C)Oc1ccc2c(C)c(C)c(=O)oc2c1)C(=O)O. The van der Waals surface area contributed by atoms with E-state index < -0.39 is 29.6 Å².